The zero-order valence-corrected chi connectivity index (χ0v) is 15.8. The highest BCUT2D eigenvalue weighted by molar-refractivity contribution is 7.99. The number of aromatic nitrogens is 3. The van der Waals surface area contributed by atoms with Crippen molar-refractivity contribution in [2.75, 3.05) is 21.3 Å². The Kier molecular flexibility index (Phi) is 5.51. The summed E-state index contributed by atoms with van der Waals surface area (Å²) >= 11 is 1.42. The van der Waals surface area contributed by atoms with Crippen LogP contribution in [0.3, 0.4) is 0 Å². The number of nitrogens with two attached hydrogens (primary N) is 1. The molecule has 0 atom stereocenters. The molecule has 1 aromatic heterocycles. The monoisotopic (exact) mass is 386 g/mol. The minimum Gasteiger partial charge on any atom is -0.497 e. The number of aromatic amines is 1. The van der Waals surface area contributed by atoms with Gasteiger partial charge in [-0.1, -0.05) is 17.8 Å². The zero-order valence-electron chi connectivity index (χ0n) is 15.0. The topological polar surface area (TPSA) is 112 Å². The SMILES string of the molecule is COc1ccc(OC)c(Sc2cccc(OC)c2-c2n[nH]nc2C(N)=O)c1. The Bertz CT molecular complexity index is 974. The van der Waals surface area contributed by atoms with Gasteiger partial charge in [0.15, 0.2) is 5.69 Å². The lowest BCUT2D eigenvalue weighted by atomic mass is 10.1. The number of nitrogens with one attached hydrogen (secondary N) is 1. The zero-order chi connectivity index (χ0) is 19.4. The van der Waals surface area contributed by atoms with Crippen LogP contribution in [0.15, 0.2) is 46.2 Å². The highest BCUT2D eigenvalue weighted by Crippen LogP contribution is 2.44. The lowest BCUT2D eigenvalue weighted by Gasteiger charge is -2.14. The maximum Gasteiger partial charge on any atom is 0.271 e. The summed E-state index contributed by atoms with van der Waals surface area (Å²) in [4.78, 5) is 13.3. The molecule has 0 radical (unpaired) electrons. The quantitative estimate of drug-likeness (QED) is 0.642. The molecule has 0 spiro atoms. The van der Waals surface area contributed by atoms with E-state index in [9.17, 15) is 4.79 Å². The second kappa shape index (κ2) is 8.00. The van der Waals surface area contributed by atoms with Crippen LogP contribution in [0.2, 0.25) is 0 Å². The predicted octanol–water partition coefficient (Wildman–Crippen LogP) is 2.75. The van der Waals surface area contributed by atoms with Gasteiger partial charge < -0.3 is 19.9 Å². The molecule has 0 aliphatic carbocycles. The first kappa shape index (κ1) is 18.6. The fourth-order valence-electron chi connectivity index (χ4n) is 2.56. The van der Waals surface area contributed by atoms with E-state index in [0.29, 0.717) is 28.5 Å². The van der Waals surface area contributed by atoms with Crippen LogP contribution < -0.4 is 19.9 Å². The first-order valence-electron chi connectivity index (χ1n) is 7.86. The van der Waals surface area contributed by atoms with Crippen molar-refractivity contribution in [3.05, 3.63) is 42.1 Å². The summed E-state index contributed by atoms with van der Waals surface area (Å²) in [6.45, 7) is 0. The van der Waals surface area contributed by atoms with Gasteiger partial charge in [-0.15, -0.1) is 0 Å². The Morgan fingerprint density at radius 3 is 2.44 bits per heavy atom. The number of nitrogens with zero attached hydrogens (tertiary/aromatic N) is 2. The third kappa shape index (κ3) is 3.68. The molecular weight excluding hydrogens is 368 g/mol. The van der Waals surface area contributed by atoms with E-state index in [0.717, 1.165) is 9.79 Å². The first-order valence-corrected chi connectivity index (χ1v) is 8.68. The maximum absolute atomic E-state index is 11.7. The number of ether oxygens (including phenoxy) is 3. The minimum atomic E-state index is -0.681. The van der Waals surface area contributed by atoms with Crippen LogP contribution in [0.5, 0.6) is 17.2 Å². The van der Waals surface area contributed by atoms with Crippen molar-refractivity contribution in [2.24, 2.45) is 5.73 Å². The summed E-state index contributed by atoms with van der Waals surface area (Å²) < 4.78 is 16.2. The predicted molar refractivity (Wildman–Crippen MR) is 101 cm³/mol. The number of hydrogen-bond donors (Lipinski definition) is 2. The molecule has 0 aliphatic rings. The molecule has 0 saturated carbocycles. The number of methoxy groups -OCH3 is 3. The summed E-state index contributed by atoms with van der Waals surface area (Å²) in [6, 6.07) is 11.0. The standard InChI is InChI=1S/C18H18N4O4S/c1-24-10-7-8-11(25-2)14(9-10)27-13-6-4-5-12(26-3)15(13)16-17(18(19)23)21-22-20-16/h4-9H,1-3H3,(H2,19,23)(H,20,21,22). The van der Waals surface area contributed by atoms with Crippen molar-refractivity contribution in [1.82, 2.24) is 15.4 Å². The lowest BCUT2D eigenvalue weighted by molar-refractivity contribution is 0.0996. The highest BCUT2D eigenvalue weighted by atomic mass is 32.2. The van der Waals surface area contributed by atoms with Crippen LogP contribution in [0.4, 0.5) is 0 Å². The van der Waals surface area contributed by atoms with Crippen molar-refractivity contribution >= 4 is 17.7 Å². The largest absolute Gasteiger partial charge is 0.497 e. The fraction of sp³-hybridized carbons (Fsp3) is 0.167. The van der Waals surface area contributed by atoms with Crippen LogP contribution in [0.25, 0.3) is 11.3 Å². The van der Waals surface area contributed by atoms with E-state index < -0.39 is 5.91 Å². The van der Waals surface area contributed by atoms with E-state index in [1.165, 1.54) is 11.8 Å². The Morgan fingerprint density at radius 2 is 1.78 bits per heavy atom. The maximum atomic E-state index is 11.7. The molecule has 140 valence electrons. The average molecular weight is 386 g/mol. The van der Waals surface area contributed by atoms with Crippen molar-refractivity contribution < 1.29 is 19.0 Å². The molecule has 0 fully saturated rings. The van der Waals surface area contributed by atoms with Gasteiger partial charge in [0.2, 0.25) is 0 Å². The van der Waals surface area contributed by atoms with Crippen molar-refractivity contribution in [2.45, 2.75) is 9.79 Å². The van der Waals surface area contributed by atoms with Gasteiger partial charge in [0.25, 0.3) is 5.91 Å². The van der Waals surface area contributed by atoms with Gasteiger partial charge >= 0.3 is 0 Å². The van der Waals surface area contributed by atoms with E-state index in [2.05, 4.69) is 15.4 Å². The van der Waals surface area contributed by atoms with E-state index in [1.807, 2.05) is 30.3 Å². The number of H-pyrrole nitrogens is 1. The Hall–Kier alpha value is -3.20. The summed E-state index contributed by atoms with van der Waals surface area (Å²) in [7, 11) is 4.74. The van der Waals surface area contributed by atoms with Crippen LogP contribution in [0.1, 0.15) is 10.5 Å². The van der Waals surface area contributed by atoms with Gasteiger partial charge in [0, 0.05) is 4.90 Å². The molecule has 0 bridgehead atoms. The minimum absolute atomic E-state index is 0.0407. The van der Waals surface area contributed by atoms with Crippen LogP contribution in [-0.2, 0) is 0 Å². The molecule has 0 aliphatic heterocycles. The van der Waals surface area contributed by atoms with Gasteiger partial charge in [-0.05, 0) is 30.3 Å². The second-order valence-electron chi connectivity index (χ2n) is 5.34. The highest BCUT2D eigenvalue weighted by Gasteiger charge is 2.23. The molecule has 2 aromatic carbocycles. The van der Waals surface area contributed by atoms with Crippen molar-refractivity contribution in [3.63, 3.8) is 0 Å². The Labute approximate surface area is 160 Å². The van der Waals surface area contributed by atoms with Gasteiger partial charge in [-0.3, -0.25) is 4.79 Å². The number of carbonyl (C=O) groups excluding carboxylic acids is 1. The number of benzene rings is 2. The normalized spacial score (nSPS) is 10.5. The smallest absolute Gasteiger partial charge is 0.271 e. The van der Waals surface area contributed by atoms with Gasteiger partial charge in [0.1, 0.15) is 22.9 Å². The van der Waals surface area contributed by atoms with Gasteiger partial charge in [-0.25, -0.2) is 0 Å². The molecule has 3 rings (SSSR count). The molecule has 27 heavy (non-hydrogen) atoms. The number of rotatable bonds is 7. The molecule has 0 unspecified atom stereocenters. The van der Waals surface area contributed by atoms with Crippen molar-refractivity contribution in [1.29, 1.82) is 0 Å². The lowest BCUT2D eigenvalue weighted by Crippen LogP contribution is -2.13. The molecule has 9 heteroatoms. The summed E-state index contributed by atoms with van der Waals surface area (Å²) in [5.41, 5.74) is 6.40. The summed E-state index contributed by atoms with van der Waals surface area (Å²) in [5.74, 6) is 1.24. The van der Waals surface area contributed by atoms with Crippen LogP contribution in [0, 0.1) is 0 Å². The van der Waals surface area contributed by atoms with Gasteiger partial charge in [-0.2, -0.15) is 15.4 Å². The first-order chi connectivity index (χ1) is 13.1. The molecular formula is C18H18N4O4S. The van der Waals surface area contributed by atoms with E-state index in [1.54, 1.807) is 27.4 Å². The average Bonchev–Trinajstić information content (AvgIpc) is 3.17. The van der Waals surface area contributed by atoms with E-state index in [-0.39, 0.29) is 5.69 Å². The fourth-order valence-corrected chi connectivity index (χ4v) is 3.67. The summed E-state index contributed by atoms with van der Waals surface area (Å²) in [6.07, 6.45) is 0. The number of hydrogen-bond acceptors (Lipinski definition) is 7. The van der Waals surface area contributed by atoms with E-state index in [4.69, 9.17) is 19.9 Å². The second-order valence-corrected chi connectivity index (χ2v) is 6.42. The molecule has 3 N–H and O–H groups in total. The molecule has 8 nitrogen and oxygen atoms in total. The number of amides is 1. The van der Waals surface area contributed by atoms with Crippen LogP contribution >= 0.6 is 11.8 Å². The number of carbonyl (C=O) groups is 1. The summed E-state index contributed by atoms with van der Waals surface area (Å²) in [5, 5.41) is 10.4. The third-order valence-corrected chi connectivity index (χ3v) is 4.92. The third-order valence-electron chi connectivity index (χ3n) is 3.82. The molecule has 3 aromatic rings. The molecule has 1 heterocycles. The Balaban J connectivity index is 2.15. The number of primary amides is 1. The Morgan fingerprint density at radius 1 is 1.00 bits per heavy atom. The van der Waals surface area contributed by atoms with Gasteiger partial charge in [0.05, 0.1) is 31.8 Å². The van der Waals surface area contributed by atoms with Crippen LogP contribution in [-0.4, -0.2) is 42.6 Å². The molecule has 1 amide bonds. The van der Waals surface area contributed by atoms with Crippen molar-refractivity contribution in [3.8, 4) is 28.5 Å². The van der Waals surface area contributed by atoms with E-state index >= 15 is 0 Å². The molecule has 0 saturated heterocycles.